The second-order valence-electron chi connectivity index (χ2n) is 2.78. The Bertz CT molecular complexity index is 443. The van der Waals surface area contributed by atoms with E-state index in [9.17, 15) is 18.4 Å². The van der Waals surface area contributed by atoms with Crippen molar-refractivity contribution < 1.29 is 27.8 Å². The smallest absolute Gasteiger partial charge is 0.340 e. The van der Waals surface area contributed by atoms with Crippen LogP contribution in [0.3, 0.4) is 0 Å². The van der Waals surface area contributed by atoms with Crippen LogP contribution in [0.15, 0.2) is 6.07 Å². The molecular formula is C10H8F2O4. The molecule has 0 aromatic heterocycles. The van der Waals surface area contributed by atoms with E-state index >= 15 is 0 Å². The van der Waals surface area contributed by atoms with E-state index in [-0.39, 0.29) is 11.8 Å². The summed E-state index contributed by atoms with van der Waals surface area (Å²) in [5, 5.41) is 0. The average molecular weight is 230 g/mol. The van der Waals surface area contributed by atoms with E-state index < -0.39 is 28.9 Å². The van der Waals surface area contributed by atoms with Gasteiger partial charge in [-0.15, -0.1) is 0 Å². The van der Waals surface area contributed by atoms with Gasteiger partial charge in [0, 0.05) is 0 Å². The molecule has 6 heteroatoms. The SMILES string of the molecule is COC(=O)c1cc(C=O)c(OC)c(F)c1F. The Hall–Kier alpha value is -1.98. The molecule has 4 nitrogen and oxygen atoms in total. The molecule has 0 saturated heterocycles. The first-order chi connectivity index (χ1) is 7.56. The Labute approximate surface area is 89.8 Å². The van der Waals surface area contributed by atoms with Gasteiger partial charge < -0.3 is 9.47 Å². The molecule has 1 aromatic rings. The van der Waals surface area contributed by atoms with Crippen LogP contribution in [0, 0.1) is 11.6 Å². The molecule has 16 heavy (non-hydrogen) atoms. The quantitative estimate of drug-likeness (QED) is 0.584. The third-order valence-electron chi connectivity index (χ3n) is 1.93. The summed E-state index contributed by atoms with van der Waals surface area (Å²) in [6, 6.07) is 0.871. The third-order valence-corrected chi connectivity index (χ3v) is 1.93. The predicted octanol–water partition coefficient (Wildman–Crippen LogP) is 1.57. The maximum absolute atomic E-state index is 13.3. The Kier molecular flexibility index (Phi) is 3.55. The molecule has 0 aliphatic heterocycles. The largest absolute Gasteiger partial charge is 0.493 e. The highest BCUT2D eigenvalue weighted by Gasteiger charge is 2.23. The molecule has 0 heterocycles. The van der Waals surface area contributed by atoms with Gasteiger partial charge in [-0.2, -0.15) is 4.39 Å². The first kappa shape index (κ1) is 12.1. The van der Waals surface area contributed by atoms with Crippen molar-refractivity contribution in [1.82, 2.24) is 0 Å². The minimum Gasteiger partial charge on any atom is -0.493 e. The molecule has 0 aliphatic carbocycles. The molecule has 1 rings (SSSR count). The molecule has 0 bridgehead atoms. The molecule has 0 atom stereocenters. The summed E-state index contributed by atoms with van der Waals surface area (Å²) < 4.78 is 35.4. The first-order valence-corrected chi connectivity index (χ1v) is 4.16. The van der Waals surface area contributed by atoms with Crippen molar-refractivity contribution in [1.29, 1.82) is 0 Å². The number of esters is 1. The number of hydrogen-bond acceptors (Lipinski definition) is 4. The van der Waals surface area contributed by atoms with Crippen molar-refractivity contribution in [2.75, 3.05) is 14.2 Å². The first-order valence-electron chi connectivity index (χ1n) is 4.16. The maximum atomic E-state index is 13.3. The molecule has 0 fully saturated rings. The van der Waals surface area contributed by atoms with Gasteiger partial charge in [-0.3, -0.25) is 4.79 Å². The van der Waals surface area contributed by atoms with Crippen LogP contribution in [0.1, 0.15) is 20.7 Å². The summed E-state index contributed by atoms with van der Waals surface area (Å²) in [5.74, 6) is -4.41. The van der Waals surface area contributed by atoms with Gasteiger partial charge in [-0.1, -0.05) is 0 Å². The van der Waals surface area contributed by atoms with Crippen molar-refractivity contribution in [3.8, 4) is 5.75 Å². The summed E-state index contributed by atoms with van der Waals surface area (Å²) in [6.45, 7) is 0. The number of aldehydes is 1. The molecule has 1 aromatic carbocycles. The standard InChI is InChI=1S/C10H8F2O4/c1-15-9-5(4-13)3-6(10(14)16-2)7(11)8(9)12/h3-4H,1-2H3. The molecular weight excluding hydrogens is 222 g/mol. The van der Waals surface area contributed by atoms with Crippen LogP contribution in [0.4, 0.5) is 8.78 Å². The summed E-state index contributed by atoms with van der Waals surface area (Å²) >= 11 is 0. The van der Waals surface area contributed by atoms with E-state index in [2.05, 4.69) is 9.47 Å². The van der Waals surface area contributed by atoms with Crippen LogP contribution in [-0.2, 0) is 4.74 Å². The van der Waals surface area contributed by atoms with E-state index in [0.717, 1.165) is 20.3 Å². The molecule has 0 N–H and O–H groups in total. The second kappa shape index (κ2) is 4.69. The van der Waals surface area contributed by atoms with Gasteiger partial charge in [0.25, 0.3) is 0 Å². The van der Waals surface area contributed by atoms with Gasteiger partial charge in [0.15, 0.2) is 17.9 Å². The summed E-state index contributed by atoms with van der Waals surface area (Å²) in [7, 11) is 2.10. The zero-order valence-corrected chi connectivity index (χ0v) is 8.54. The Morgan fingerprint density at radius 1 is 1.31 bits per heavy atom. The fourth-order valence-electron chi connectivity index (χ4n) is 1.18. The molecule has 0 amide bonds. The van der Waals surface area contributed by atoms with E-state index in [1.807, 2.05) is 0 Å². The van der Waals surface area contributed by atoms with Crippen molar-refractivity contribution in [2.24, 2.45) is 0 Å². The van der Waals surface area contributed by atoms with Gasteiger partial charge in [0.05, 0.1) is 25.3 Å². The lowest BCUT2D eigenvalue weighted by molar-refractivity contribution is 0.0594. The highest BCUT2D eigenvalue weighted by Crippen LogP contribution is 2.26. The highest BCUT2D eigenvalue weighted by atomic mass is 19.2. The number of carbonyl (C=O) groups is 2. The van der Waals surface area contributed by atoms with Crippen molar-refractivity contribution in [3.63, 3.8) is 0 Å². The Morgan fingerprint density at radius 3 is 2.38 bits per heavy atom. The zero-order valence-electron chi connectivity index (χ0n) is 8.54. The van der Waals surface area contributed by atoms with Gasteiger partial charge in [0.2, 0.25) is 5.82 Å². The number of methoxy groups -OCH3 is 2. The van der Waals surface area contributed by atoms with E-state index in [1.54, 1.807) is 0 Å². The second-order valence-corrected chi connectivity index (χ2v) is 2.78. The van der Waals surface area contributed by atoms with Crippen LogP contribution in [0.25, 0.3) is 0 Å². The zero-order chi connectivity index (χ0) is 12.3. The lowest BCUT2D eigenvalue weighted by atomic mass is 10.1. The molecule has 0 saturated carbocycles. The van der Waals surface area contributed by atoms with E-state index in [4.69, 9.17) is 0 Å². The van der Waals surface area contributed by atoms with Crippen LogP contribution in [-0.4, -0.2) is 26.5 Å². The molecule has 0 radical (unpaired) electrons. The fraction of sp³-hybridized carbons (Fsp3) is 0.200. The number of rotatable bonds is 3. The summed E-state index contributed by atoms with van der Waals surface area (Å²) in [6.07, 6.45) is 0.258. The normalized spacial score (nSPS) is 9.75. The number of hydrogen-bond donors (Lipinski definition) is 0. The van der Waals surface area contributed by atoms with Crippen molar-refractivity contribution >= 4 is 12.3 Å². The maximum Gasteiger partial charge on any atom is 0.340 e. The molecule has 0 spiro atoms. The minimum absolute atomic E-state index is 0.258. The van der Waals surface area contributed by atoms with Crippen LogP contribution < -0.4 is 4.74 Å². The van der Waals surface area contributed by atoms with Crippen molar-refractivity contribution in [2.45, 2.75) is 0 Å². The fourth-order valence-corrected chi connectivity index (χ4v) is 1.18. The number of benzene rings is 1. The van der Waals surface area contributed by atoms with Crippen LogP contribution in [0.5, 0.6) is 5.75 Å². The lowest BCUT2D eigenvalue weighted by Gasteiger charge is -2.08. The van der Waals surface area contributed by atoms with Gasteiger partial charge in [-0.25, -0.2) is 9.18 Å². The third kappa shape index (κ3) is 1.86. The molecule has 0 unspecified atom stereocenters. The summed E-state index contributed by atoms with van der Waals surface area (Å²) in [5.41, 5.74) is -0.912. The van der Waals surface area contributed by atoms with Gasteiger partial charge in [-0.05, 0) is 6.07 Å². The van der Waals surface area contributed by atoms with Gasteiger partial charge in [0.1, 0.15) is 0 Å². The van der Waals surface area contributed by atoms with Crippen LogP contribution in [0.2, 0.25) is 0 Å². The van der Waals surface area contributed by atoms with E-state index in [1.165, 1.54) is 0 Å². The predicted molar refractivity (Wildman–Crippen MR) is 49.6 cm³/mol. The topological polar surface area (TPSA) is 52.6 Å². The number of halogens is 2. The number of ether oxygens (including phenoxy) is 2. The minimum atomic E-state index is -1.41. The molecule has 86 valence electrons. The Balaban J connectivity index is 3.50. The van der Waals surface area contributed by atoms with E-state index in [0.29, 0.717) is 0 Å². The Morgan fingerprint density at radius 2 is 1.94 bits per heavy atom. The van der Waals surface area contributed by atoms with Gasteiger partial charge >= 0.3 is 5.97 Å². The highest BCUT2D eigenvalue weighted by molar-refractivity contribution is 5.93. The van der Waals surface area contributed by atoms with Crippen LogP contribution >= 0.6 is 0 Å². The van der Waals surface area contributed by atoms with Crippen molar-refractivity contribution in [3.05, 3.63) is 28.8 Å². The molecule has 0 aliphatic rings. The monoisotopic (exact) mass is 230 g/mol. The summed E-state index contributed by atoms with van der Waals surface area (Å²) in [4.78, 5) is 21.7. The average Bonchev–Trinajstić information content (AvgIpc) is 2.31. The lowest BCUT2D eigenvalue weighted by Crippen LogP contribution is -2.09. The number of carbonyl (C=O) groups excluding carboxylic acids is 2.